The summed E-state index contributed by atoms with van der Waals surface area (Å²) in [7, 11) is 1.61. The molecule has 0 saturated carbocycles. The van der Waals surface area contributed by atoms with Crippen LogP contribution in [-0.2, 0) is 11.2 Å². The van der Waals surface area contributed by atoms with Crippen molar-refractivity contribution in [2.75, 3.05) is 7.11 Å². The lowest BCUT2D eigenvalue weighted by Gasteiger charge is -2.10. The van der Waals surface area contributed by atoms with E-state index >= 15 is 0 Å². The maximum absolute atomic E-state index is 11.6. The largest absolute Gasteiger partial charge is 0.497 e. The van der Waals surface area contributed by atoms with Crippen LogP contribution in [0.25, 0.3) is 0 Å². The van der Waals surface area contributed by atoms with Crippen LogP contribution in [0, 0.1) is 0 Å². The lowest BCUT2D eigenvalue weighted by Crippen LogP contribution is -2.31. The molecule has 1 amide bonds. The van der Waals surface area contributed by atoms with Crippen LogP contribution < -0.4 is 10.1 Å². The Morgan fingerprint density at radius 2 is 2.19 bits per heavy atom. The van der Waals surface area contributed by atoms with Crippen molar-refractivity contribution in [1.82, 2.24) is 5.32 Å². The summed E-state index contributed by atoms with van der Waals surface area (Å²) in [5, 5.41) is 2.86. The average Bonchev–Trinajstić information content (AvgIpc) is 2.20. The first kappa shape index (κ1) is 13.0. The van der Waals surface area contributed by atoms with Crippen molar-refractivity contribution in [2.24, 2.45) is 0 Å². The van der Waals surface area contributed by atoms with Gasteiger partial charge in [-0.3, -0.25) is 4.79 Å². The van der Waals surface area contributed by atoms with E-state index in [0.717, 1.165) is 15.8 Å². The molecule has 1 rings (SSSR count). The summed E-state index contributed by atoms with van der Waals surface area (Å²) >= 11 is 3.42. The molecular formula is C12H16BrNO2. The van der Waals surface area contributed by atoms with E-state index in [2.05, 4.69) is 21.2 Å². The first-order valence-electron chi connectivity index (χ1n) is 5.14. The van der Waals surface area contributed by atoms with Crippen molar-refractivity contribution in [1.29, 1.82) is 0 Å². The minimum Gasteiger partial charge on any atom is -0.497 e. The van der Waals surface area contributed by atoms with Crippen LogP contribution >= 0.6 is 15.9 Å². The minimum atomic E-state index is 0.0175. The summed E-state index contributed by atoms with van der Waals surface area (Å²) in [6, 6.07) is 5.77. The fourth-order valence-electron chi connectivity index (χ4n) is 1.36. The van der Waals surface area contributed by atoms with E-state index in [1.54, 1.807) is 7.11 Å². The summed E-state index contributed by atoms with van der Waals surface area (Å²) in [4.78, 5) is 11.6. The zero-order chi connectivity index (χ0) is 12.1. The van der Waals surface area contributed by atoms with Gasteiger partial charge >= 0.3 is 0 Å². The van der Waals surface area contributed by atoms with Gasteiger partial charge in [-0.25, -0.2) is 0 Å². The van der Waals surface area contributed by atoms with Crippen molar-refractivity contribution in [3.63, 3.8) is 0 Å². The molecular weight excluding hydrogens is 270 g/mol. The molecule has 0 radical (unpaired) electrons. The Balaban J connectivity index is 2.75. The zero-order valence-corrected chi connectivity index (χ0v) is 11.3. The summed E-state index contributed by atoms with van der Waals surface area (Å²) < 4.78 is 6.04. The van der Waals surface area contributed by atoms with E-state index < -0.39 is 0 Å². The quantitative estimate of drug-likeness (QED) is 0.923. The van der Waals surface area contributed by atoms with Crippen LogP contribution in [0.2, 0.25) is 0 Å². The highest BCUT2D eigenvalue weighted by Crippen LogP contribution is 2.22. The molecule has 0 unspecified atom stereocenters. The maximum Gasteiger partial charge on any atom is 0.224 e. The number of hydrogen-bond acceptors (Lipinski definition) is 2. The van der Waals surface area contributed by atoms with E-state index in [4.69, 9.17) is 4.74 Å². The molecule has 0 bridgehead atoms. The Labute approximate surface area is 104 Å². The standard InChI is InChI=1S/C12H16BrNO2/c1-8(2)14-12(15)7-9-6-10(16-3)4-5-11(9)13/h4-6,8H,7H2,1-3H3,(H,14,15). The van der Waals surface area contributed by atoms with Gasteiger partial charge in [0.25, 0.3) is 0 Å². The number of amides is 1. The molecule has 0 aliphatic heterocycles. The maximum atomic E-state index is 11.6. The van der Waals surface area contributed by atoms with Gasteiger partial charge in [-0.15, -0.1) is 0 Å². The summed E-state index contributed by atoms with van der Waals surface area (Å²) in [6.07, 6.45) is 0.357. The van der Waals surface area contributed by atoms with Gasteiger partial charge in [-0.1, -0.05) is 15.9 Å². The summed E-state index contributed by atoms with van der Waals surface area (Å²) in [5.74, 6) is 0.777. The molecule has 0 spiro atoms. The molecule has 1 aromatic rings. The molecule has 0 fully saturated rings. The highest BCUT2D eigenvalue weighted by molar-refractivity contribution is 9.10. The third-order valence-corrected chi connectivity index (χ3v) is 2.83. The second kappa shape index (κ2) is 5.89. The SMILES string of the molecule is COc1ccc(Br)c(CC(=O)NC(C)C)c1. The lowest BCUT2D eigenvalue weighted by molar-refractivity contribution is -0.120. The van der Waals surface area contributed by atoms with Crippen LogP contribution in [0.15, 0.2) is 22.7 Å². The Kier molecular flexibility index (Phi) is 4.80. The molecule has 0 saturated heterocycles. The van der Waals surface area contributed by atoms with Crippen molar-refractivity contribution in [2.45, 2.75) is 26.3 Å². The molecule has 0 heterocycles. The molecule has 1 aromatic carbocycles. The highest BCUT2D eigenvalue weighted by atomic mass is 79.9. The van der Waals surface area contributed by atoms with Gasteiger partial charge < -0.3 is 10.1 Å². The van der Waals surface area contributed by atoms with E-state index in [0.29, 0.717) is 6.42 Å². The monoisotopic (exact) mass is 285 g/mol. The Morgan fingerprint density at radius 3 is 2.75 bits per heavy atom. The molecule has 3 nitrogen and oxygen atoms in total. The topological polar surface area (TPSA) is 38.3 Å². The Hall–Kier alpha value is -1.03. The molecule has 16 heavy (non-hydrogen) atoms. The molecule has 0 aliphatic carbocycles. The number of ether oxygens (including phenoxy) is 1. The van der Waals surface area contributed by atoms with Gasteiger partial charge in [0.05, 0.1) is 13.5 Å². The normalized spacial score (nSPS) is 10.3. The Morgan fingerprint density at radius 1 is 1.50 bits per heavy atom. The predicted molar refractivity (Wildman–Crippen MR) is 67.7 cm³/mol. The van der Waals surface area contributed by atoms with E-state index in [1.807, 2.05) is 32.0 Å². The molecule has 4 heteroatoms. The van der Waals surface area contributed by atoms with Gasteiger partial charge in [-0.2, -0.15) is 0 Å². The average molecular weight is 286 g/mol. The van der Waals surface area contributed by atoms with Gasteiger partial charge in [0, 0.05) is 10.5 Å². The number of halogens is 1. The van der Waals surface area contributed by atoms with Crippen LogP contribution in [0.5, 0.6) is 5.75 Å². The molecule has 88 valence electrons. The minimum absolute atomic E-state index is 0.0175. The number of rotatable bonds is 4. The fourth-order valence-corrected chi connectivity index (χ4v) is 1.75. The third-order valence-electron chi connectivity index (χ3n) is 2.05. The van der Waals surface area contributed by atoms with Crippen LogP contribution in [-0.4, -0.2) is 19.1 Å². The molecule has 0 atom stereocenters. The second-order valence-corrected chi connectivity index (χ2v) is 4.71. The molecule has 1 N–H and O–H groups in total. The van der Waals surface area contributed by atoms with E-state index in [9.17, 15) is 4.79 Å². The summed E-state index contributed by atoms with van der Waals surface area (Å²) in [6.45, 7) is 3.89. The number of hydrogen-bond donors (Lipinski definition) is 1. The predicted octanol–water partition coefficient (Wildman–Crippen LogP) is 2.52. The number of carbonyl (C=O) groups is 1. The van der Waals surface area contributed by atoms with Crippen LogP contribution in [0.1, 0.15) is 19.4 Å². The van der Waals surface area contributed by atoms with Crippen LogP contribution in [0.3, 0.4) is 0 Å². The highest BCUT2D eigenvalue weighted by Gasteiger charge is 2.08. The summed E-state index contributed by atoms with van der Waals surface area (Å²) in [5.41, 5.74) is 0.928. The van der Waals surface area contributed by atoms with Crippen molar-refractivity contribution in [3.05, 3.63) is 28.2 Å². The van der Waals surface area contributed by atoms with E-state index in [1.165, 1.54) is 0 Å². The number of nitrogens with one attached hydrogen (secondary N) is 1. The molecule has 0 aromatic heterocycles. The number of methoxy groups -OCH3 is 1. The first-order valence-corrected chi connectivity index (χ1v) is 5.94. The van der Waals surface area contributed by atoms with Gasteiger partial charge in [0.1, 0.15) is 5.75 Å². The van der Waals surface area contributed by atoms with Crippen molar-refractivity contribution >= 4 is 21.8 Å². The Bertz CT molecular complexity index is 377. The second-order valence-electron chi connectivity index (χ2n) is 3.86. The van der Waals surface area contributed by atoms with Crippen LogP contribution in [0.4, 0.5) is 0 Å². The van der Waals surface area contributed by atoms with Crippen molar-refractivity contribution < 1.29 is 9.53 Å². The smallest absolute Gasteiger partial charge is 0.224 e. The third kappa shape index (κ3) is 3.85. The van der Waals surface area contributed by atoms with Gasteiger partial charge in [-0.05, 0) is 37.6 Å². The number of carbonyl (C=O) groups excluding carboxylic acids is 1. The lowest BCUT2D eigenvalue weighted by atomic mass is 10.1. The van der Waals surface area contributed by atoms with Gasteiger partial charge in [0.2, 0.25) is 5.91 Å². The zero-order valence-electron chi connectivity index (χ0n) is 9.71. The van der Waals surface area contributed by atoms with Gasteiger partial charge in [0.15, 0.2) is 0 Å². The van der Waals surface area contributed by atoms with Crippen molar-refractivity contribution in [3.8, 4) is 5.75 Å². The van der Waals surface area contributed by atoms with E-state index in [-0.39, 0.29) is 11.9 Å². The first-order chi connectivity index (χ1) is 7.52. The fraction of sp³-hybridized carbons (Fsp3) is 0.417. The molecule has 0 aliphatic rings. The number of benzene rings is 1.